The second-order valence-electron chi connectivity index (χ2n) is 3.81. The zero-order chi connectivity index (χ0) is 10.6. The topological polar surface area (TPSA) is 95.4 Å². The lowest BCUT2D eigenvalue weighted by Gasteiger charge is -2.21. The van der Waals surface area contributed by atoms with Crippen molar-refractivity contribution in [3.63, 3.8) is 0 Å². The molecule has 0 radical (unpaired) electrons. The van der Waals surface area contributed by atoms with Crippen molar-refractivity contribution in [2.24, 2.45) is 11.5 Å². The van der Waals surface area contributed by atoms with Crippen LogP contribution in [0, 0.1) is 0 Å². The number of rotatable bonds is 3. The maximum Gasteiger partial charge on any atom is 0.323 e. The molecule has 0 spiro atoms. The van der Waals surface area contributed by atoms with E-state index in [-0.39, 0.29) is 32.3 Å². The molecule has 0 aliphatic heterocycles. The highest BCUT2D eigenvalue weighted by Gasteiger charge is 2.23. The molecule has 0 rings (SSSR count). The highest BCUT2D eigenvalue weighted by molar-refractivity contribution is 7.59. The molecule has 0 saturated heterocycles. The SMILES string of the molecule is CC(C)(C)OC(=O)[C@@H](N)CC(N)=O.Cl.S. The zero-order valence-electron chi connectivity index (χ0n) is 9.07. The summed E-state index contributed by atoms with van der Waals surface area (Å²) in [7, 11) is 0. The Morgan fingerprint density at radius 3 is 2.00 bits per heavy atom. The van der Waals surface area contributed by atoms with Crippen molar-refractivity contribution in [1.82, 2.24) is 0 Å². The predicted octanol–water partition coefficient (Wildman–Crippen LogP) is 0.0654. The van der Waals surface area contributed by atoms with Gasteiger partial charge in [0.1, 0.15) is 11.6 Å². The van der Waals surface area contributed by atoms with Gasteiger partial charge in [-0.1, -0.05) is 0 Å². The van der Waals surface area contributed by atoms with Gasteiger partial charge in [-0.2, -0.15) is 13.5 Å². The van der Waals surface area contributed by atoms with E-state index in [0.29, 0.717) is 0 Å². The summed E-state index contributed by atoms with van der Waals surface area (Å²) in [4.78, 5) is 21.6. The summed E-state index contributed by atoms with van der Waals surface area (Å²) in [5.41, 5.74) is 9.63. The second kappa shape index (κ2) is 7.78. The smallest absolute Gasteiger partial charge is 0.323 e. The van der Waals surface area contributed by atoms with Gasteiger partial charge >= 0.3 is 5.97 Å². The molecule has 0 aliphatic rings. The molecule has 7 heteroatoms. The number of ether oxygens (including phenoxy) is 1. The van der Waals surface area contributed by atoms with E-state index in [1.807, 2.05) is 0 Å². The van der Waals surface area contributed by atoms with E-state index in [9.17, 15) is 9.59 Å². The van der Waals surface area contributed by atoms with E-state index in [2.05, 4.69) is 0 Å². The summed E-state index contributed by atoms with van der Waals surface area (Å²) in [6, 6.07) is -0.961. The van der Waals surface area contributed by atoms with E-state index >= 15 is 0 Å². The van der Waals surface area contributed by atoms with Gasteiger partial charge in [-0.05, 0) is 20.8 Å². The quantitative estimate of drug-likeness (QED) is 0.700. The molecule has 15 heavy (non-hydrogen) atoms. The van der Waals surface area contributed by atoms with Gasteiger partial charge in [0, 0.05) is 0 Å². The first-order valence-electron chi connectivity index (χ1n) is 3.99. The van der Waals surface area contributed by atoms with Gasteiger partial charge < -0.3 is 16.2 Å². The van der Waals surface area contributed by atoms with Crippen molar-refractivity contribution < 1.29 is 14.3 Å². The molecule has 0 aromatic heterocycles. The third-order valence-electron chi connectivity index (χ3n) is 1.13. The third kappa shape index (κ3) is 11.5. The first-order chi connectivity index (χ1) is 5.72. The molecule has 92 valence electrons. The average molecular weight is 259 g/mol. The van der Waals surface area contributed by atoms with Crippen LogP contribution in [0.5, 0.6) is 0 Å². The maximum atomic E-state index is 11.1. The Morgan fingerprint density at radius 2 is 1.73 bits per heavy atom. The second-order valence-corrected chi connectivity index (χ2v) is 3.81. The van der Waals surface area contributed by atoms with E-state index in [1.165, 1.54) is 0 Å². The number of carbonyl (C=O) groups excluding carboxylic acids is 2. The summed E-state index contributed by atoms with van der Waals surface area (Å²) in [6.07, 6.45) is -0.186. The molecule has 0 aliphatic carbocycles. The summed E-state index contributed by atoms with van der Waals surface area (Å²) >= 11 is 0. The minimum atomic E-state index is -0.961. The number of primary amides is 1. The maximum absolute atomic E-state index is 11.1. The van der Waals surface area contributed by atoms with Gasteiger partial charge in [0.25, 0.3) is 0 Å². The normalized spacial score (nSPS) is 11.7. The minimum Gasteiger partial charge on any atom is -0.459 e. The van der Waals surface area contributed by atoms with Crippen molar-refractivity contribution in [3.05, 3.63) is 0 Å². The molecule has 0 bridgehead atoms. The van der Waals surface area contributed by atoms with Gasteiger partial charge in [0.2, 0.25) is 5.91 Å². The fourth-order valence-electron chi connectivity index (χ4n) is 0.678. The van der Waals surface area contributed by atoms with E-state index < -0.39 is 23.5 Å². The number of amides is 1. The molecule has 0 heterocycles. The van der Waals surface area contributed by atoms with Crippen LogP contribution < -0.4 is 11.5 Å². The van der Waals surface area contributed by atoms with Crippen LogP contribution in [0.1, 0.15) is 27.2 Å². The van der Waals surface area contributed by atoms with Crippen LogP contribution in [0.15, 0.2) is 0 Å². The van der Waals surface area contributed by atoms with Crippen LogP contribution >= 0.6 is 25.9 Å². The molecule has 0 fully saturated rings. The van der Waals surface area contributed by atoms with Crippen LogP contribution in [0.4, 0.5) is 0 Å². The number of hydrogen-bond donors (Lipinski definition) is 2. The Labute approximate surface area is 103 Å². The standard InChI is InChI=1S/C8H16N2O3.ClH.H2S/c1-8(2,3)13-7(12)5(9)4-6(10)11;;/h5H,4,9H2,1-3H3,(H2,10,11);1H;1H2/t5-;;/m0../s1. The summed E-state index contributed by atoms with van der Waals surface area (Å²) in [5.74, 6) is -1.22. The van der Waals surface area contributed by atoms with Crippen molar-refractivity contribution in [2.75, 3.05) is 0 Å². The van der Waals surface area contributed by atoms with Crippen molar-refractivity contribution >= 4 is 37.8 Å². The Kier molecular flexibility index (Phi) is 10.4. The van der Waals surface area contributed by atoms with E-state index in [0.717, 1.165) is 0 Å². The lowest BCUT2D eigenvalue weighted by Crippen LogP contribution is -2.40. The zero-order valence-corrected chi connectivity index (χ0v) is 10.9. The third-order valence-corrected chi connectivity index (χ3v) is 1.13. The van der Waals surface area contributed by atoms with E-state index in [4.69, 9.17) is 16.2 Å². The van der Waals surface area contributed by atoms with Gasteiger partial charge in [0.15, 0.2) is 0 Å². The number of carbonyl (C=O) groups is 2. The fraction of sp³-hybridized carbons (Fsp3) is 0.750. The van der Waals surface area contributed by atoms with Gasteiger partial charge in [-0.3, -0.25) is 9.59 Å². The molecule has 1 amide bonds. The van der Waals surface area contributed by atoms with Crippen LogP contribution in [0.25, 0.3) is 0 Å². The van der Waals surface area contributed by atoms with Crippen molar-refractivity contribution in [1.29, 1.82) is 0 Å². The Hall–Kier alpha value is -0.460. The van der Waals surface area contributed by atoms with Crippen LogP contribution in [0.2, 0.25) is 0 Å². The lowest BCUT2D eigenvalue weighted by atomic mass is 10.1. The van der Waals surface area contributed by atoms with Gasteiger partial charge in [-0.25, -0.2) is 0 Å². The Balaban J connectivity index is -0.000000720. The first kappa shape index (κ1) is 20.0. The van der Waals surface area contributed by atoms with Gasteiger partial charge in [-0.15, -0.1) is 12.4 Å². The molecule has 0 aromatic rings. The first-order valence-corrected chi connectivity index (χ1v) is 3.99. The molecule has 1 atom stereocenters. The molecule has 0 aromatic carbocycles. The molecule has 4 N–H and O–H groups in total. The average Bonchev–Trinajstić information content (AvgIpc) is 1.81. The van der Waals surface area contributed by atoms with Crippen LogP contribution in [0.3, 0.4) is 0 Å². The number of halogens is 1. The van der Waals surface area contributed by atoms with Crippen molar-refractivity contribution in [2.45, 2.75) is 38.8 Å². The Bertz CT molecular complexity index is 218. The molecule has 0 saturated carbocycles. The molecule has 5 nitrogen and oxygen atoms in total. The highest BCUT2D eigenvalue weighted by Crippen LogP contribution is 2.08. The Morgan fingerprint density at radius 1 is 1.33 bits per heavy atom. The molecular weight excluding hydrogens is 240 g/mol. The predicted molar refractivity (Wildman–Crippen MR) is 65.3 cm³/mol. The van der Waals surface area contributed by atoms with Gasteiger partial charge in [0.05, 0.1) is 6.42 Å². The van der Waals surface area contributed by atoms with Crippen LogP contribution in [-0.4, -0.2) is 23.5 Å². The lowest BCUT2D eigenvalue weighted by molar-refractivity contribution is -0.157. The summed E-state index contributed by atoms with van der Waals surface area (Å²) in [5, 5.41) is 0. The minimum absolute atomic E-state index is 0. The van der Waals surface area contributed by atoms with E-state index in [1.54, 1.807) is 20.8 Å². The number of esters is 1. The number of hydrogen-bond acceptors (Lipinski definition) is 4. The highest BCUT2D eigenvalue weighted by atomic mass is 35.5. The monoisotopic (exact) mass is 258 g/mol. The van der Waals surface area contributed by atoms with Crippen molar-refractivity contribution in [3.8, 4) is 0 Å². The molecule has 0 unspecified atom stereocenters. The largest absolute Gasteiger partial charge is 0.459 e. The number of nitrogens with two attached hydrogens (primary N) is 2. The van der Waals surface area contributed by atoms with Crippen LogP contribution in [-0.2, 0) is 14.3 Å². The summed E-state index contributed by atoms with van der Waals surface area (Å²) in [6.45, 7) is 5.17. The molecular formula is C8H19ClN2O3S. The fourth-order valence-corrected chi connectivity index (χ4v) is 0.678. The summed E-state index contributed by atoms with van der Waals surface area (Å²) < 4.78 is 4.93.